The summed E-state index contributed by atoms with van der Waals surface area (Å²) in [5.74, 6) is 0. The van der Waals surface area contributed by atoms with Crippen LogP contribution < -0.4 is 20.9 Å². The average molecular weight is 171 g/mol. The van der Waals surface area contributed by atoms with Gasteiger partial charge in [0.2, 0.25) is 0 Å². The van der Waals surface area contributed by atoms with Crippen molar-refractivity contribution in [3.05, 3.63) is 0 Å². The quantitative estimate of drug-likeness (QED) is 0.294. The van der Waals surface area contributed by atoms with E-state index in [0.29, 0.717) is 0 Å². The molecule has 0 amide bonds. The Bertz CT molecular complexity index is 116. The van der Waals surface area contributed by atoms with E-state index in [4.69, 9.17) is 0 Å². The van der Waals surface area contributed by atoms with Gasteiger partial charge in [-0.2, -0.15) is 0 Å². The molecular formula is C8H19N4+. The Balaban J connectivity index is 0.0000000939. The Morgan fingerprint density at radius 2 is 1.58 bits per heavy atom. The first-order valence-electron chi connectivity index (χ1n) is 4.96. The molecular weight excluding hydrogens is 152 g/mol. The van der Waals surface area contributed by atoms with Crippen LogP contribution >= 0.6 is 0 Å². The summed E-state index contributed by atoms with van der Waals surface area (Å²) in [5.41, 5.74) is 0. The van der Waals surface area contributed by atoms with Crippen LogP contribution in [0.15, 0.2) is 0 Å². The van der Waals surface area contributed by atoms with Gasteiger partial charge in [0.1, 0.15) is 6.54 Å². The standard InChI is InChI=1S/C4H8N2.C4H10N2/c1-2-6-3-4(6)5-1;1-2-6-4-3-5-1/h4-5H,1-3H2;5-6H,1-4H2/p+1. The van der Waals surface area contributed by atoms with Crippen LogP contribution in [0.5, 0.6) is 0 Å². The Morgan fingerprint density at radius 3 is 1.75 bits per heavy atom. The van der Waals surface area contributed by atoms with E-state index < -0.39 is 0 Å². The van der Waals surface area contributed by atoms with E-state index in [1.807, 2.05) is 0 Å². The second kappa shape index (κ2) is 4.18. The third-order valence-corrected chi connectivity index (χ3v) is 2.59. The molecule has 2 atom stereocenters. The van der Waals surface area contributed by atoms with Gasteiger partial charge in [-0.15, -0.1) is 0 Å². The van der Waals surface area contributed by atoms with Crippen molar-refractivity contribution >= 4 is 0 Å². The smallest absolute Gasteiger partial charge is 0.192 e. The van der Waals surface area contributed by atoms with Crippen molar-refractivity contribution in [1.29, 1.82) is 0 Å². The first-order chi connectivity index (χ1) is 5.97. The maximum Gasteiger partial charge on any atom is 0.192 e. The van der Waals surface area contributed by atoms with Crippen LogP contribution in [0, 0.1) is 0 Å². The Labute approximate surface area is 73.7 Å². The summed E-state index contributed by atoms with van der Waals surface area (Å²) in [6.45, 7) is 8.56. The minimum atomic E-state index is 0.880. The lowest BCUT2D eigenvalue weighted by Crippen LogP contribution is -2.92. The van der Waals surface area contributed by atoms with E-state index in [2.05, 4.69) is 16.0 Å². The van der Waals surface area contributed by atoms with Gasteiger partial charge in [0.05, 0.1) is 13.1 Å². The Morgan fingerprint density at radius 1 is 0.917 bits per heavy atom. The molecule has 3 aliphatic rings. The zero-order valence-corrected chi connectivity index (χ0v) is 7.53. The van der Waals surface area contributed by atoms with E-state index in [9.17, 15) is 0 Å². The molecule has 0 aromatic rings. The van der Waals surface area contributed by atoms with E-state index in [1.165, 1.54) is 19.6 Å². The highest BCUT2D eigenvalue weighted by Crippen LogP contribution is 1.85. The Hall–Kier alpha value is -0.160. The molecule has 0 saturated carbocycles. The SMILES string of the molecule is C1CNCCN1.C1C[NH+]2CC2N1. The first-order valence-corrected chi connectivity index (χ1v) is 4.96. The molecule has 4 N–H and O–H groups in total. The molecule has 0 aliphatic carbocycles. The van der Waals surface area contributed by atoms with Gasteiger partial charge in [-0.05, 0) is 0 Å². The molecule has 0 radical (unpaired) electrons. The molecule has 0 aromatic carbocycles. The van der Waals surface area contributed by atoms with Crippen molar-refractivity contribution in [3.8, 4) is 0 Å². The molecule has 4 heteroatoms. The van der Waals surface area contributed by atoms with Gasteiger partial charge in [0.15, 0.2) is 6.17 Å². The summed E-state index contributed by atoms with van der Waals surface area (Å²) < 4.78 is 0. The predicted octanol–water partition coefficient (Wildman–Crippen LogP) is -3.01. The summed E-state index contributed by atoms with van der Waals surface area (Å²) in [4.78, 5) is 1.76. The molecule has 12 heavy (non-hydrogen) atoms. The molecule has 0 bridgehead atoms. The third kappa shape index (κ3) is 2.42. The number of fused-ring (bicyclic) bond motifs is 1. The van der Waals surface area contributed by atoms with E-state index in [0.717, 1.165) is 32.3 Å². The summed E-state index contributed by atoms with van der Waals surface area (Å²) in [7, 11) is 0. The molecule has 0 spiro atoms. The van der Waals surface area contributed by atoms with Crippen LogP contribution in [0.3, 0.4) is 0 Å². The molecule has 2 unspecified atom stereocenters. The first kappa shape index (κ1) is 8.44. The number of nitrogens with one attached hydrogen (secondary N) is 4. The molecule has 3 aliphatic heterocycles. The lowest BCUT2D eigenvalue weighted by molar-refractivity contribution is -0.761. The maximum absolute atomic E-state index is 3.36. The number of rotatable bonds is 0. The van der Waals surface area contributed by atoms with E-state index in [1.54, 1.807) is 4.90 Å². The predicted molar refractivity (Wildman–Crippen MR) is 48.2 cm³/mol. The minimum absolute atomic E-state index is 0.880. The van der Waals surface area contributed by atoms with Crippen LogP contribution in [-0.4, -0.2) is 52.0 Å². The molecule has 3 fully saturated rings. The number of hydrogen-bond acceptors (Lipinski definition) is 3. The second-order valence-corrected chi connectivity index (χ2v) is 3.62. The Kier molecular flexibility index (Phi) is 2.94. The highest BCUT2D eigenvalue weighted by molar-refractivity contribution is 4.69. The van der Waals surface area contributed by atoms with Crippen LogP contribution in [0.1, 0.15) is 0 Å². The number of hydrogen-bond donors (Lipinski definition) is 4. The van der Waals surface area contributed by atoms with Crippen molar-refractivity contribution in [3.63, 3.8) is 0 Å². The zero-order valence-electron chi connectivity index (χ0n) is 7.53. The molecule has 3 heterocycles. The third-order valence-electron chi connectivity index (χ3n) is 2.59. The van der Waals surface area contributed by atoms with Crippen molar-refractivity contribution in [2.45, 2.75) is 6.17 Å². The van der Waals surface area contributed by atoms with Crippen molar-refractivity contribution in [2.24, 2.45) is 0 Å². The zero-order chi connectivity index (χ0) is 8.23. The fraction of sp³-hybridized carbons (Fsp3) is 1.00. The topological polar surface area (TPSA) is 40.5 Å². The van der Waals surface area contributed by atoms with E-state index in [-0.39, 0.29) is 0 Å². The lowest BCUT2D eigenvalue weighted by atomic mass is 10.4. The van der Waals surface area contributed by atoms with Gasteiger partial charge < -0.3 is 15.5 Å². The highest BCUT2D eigenvalue weighted by atomic mass is 15.5. The fourth-order valence-corrected chi connectivity index (χ4v) is 1.71. The van der Waals surface area contributed by atoms with Crippen molar-refractivity contribution in [1.82, 2.24) is 16.0 Å². The maximum atomic E-state index is 3.36. The summed E-state index contributed by atoms with van der Waals surface area (Å²) >= 11 is 0. The second-order valence-electron chi connectivity index (χ2n) is 3.62. The van der Waals surface area contributed by atoms with Crippen LogP contribution in [0.25, 0.3) is 0 Å². The fourth-order valence-electron chi connectivity index (χ4n) is 1.71. The van der Waals surface area contributed by atoms with E-state index >= 15 is 0 Å². The molecule has 3 rings (SSSR count). The normalized spacial score (nSPS) is 38.0. The van der Waals surface area contributed by atoms with Gasteiger partial charge in [0.25, 0.3) is 0 Å². The number of piperazine rings is 2. The molecule has 3 saturated heterocycles. The van der Waals surface area contributed by atoms with Gasteiger partial charge in [-0.3, -0.25) is 5.32 Å². The molecule has 70 valence electrons. The monoisotopic (exact) mass is 171 g/mol. The average Bonchev–Trinajstić information content (AvgIpc) is 2.78. The van der Waals surface area contributed by atoms with Crippen molar-refractivity contribution in [2.75, 3.05) is 45.8 Å². The van der Waals surface area contributed by atoms with Crippen LogP contribution in [0.4, 0.5) is 0 Å². The lowest BCUT2D eigenvalue weighted by Gasteiger charge is -2.11. The highest BCUT2D eigenvalue weighted by Gasteiger charge is 2.43. The largest absolute Gasteiger partial charge is 0.314 e. The van der Waals surface area contributed by atoms with Crippen molar-refractivity contribution < 1.29 is 4.90 Å². The van der Waals surface area contributed by atoms with Gasteiger partial charge in [-0.25, -0.2) is 0 Å². The molecule has 0 aromatic heterocycles. The van der Waals surface area contributed by atoms with Crippen LogP contribution in [-0.2, 0) is 0 Å². The summed E-state index contributed by atoms with van der Waals surface area (Å²) in [6, 6.07) is 0. The number of quaternary nitrogens is 1. The van der Waals surface area contributed by atoms with Crippen LogP contribution in [0.2, 0.25) is 0 Å². The minimum Gasteiger partial charge on any atom is -0.314 e. The summed E-state index contributed by atoms with van der Waals surface area (Å²) in [5, 5.41) is 9.80. The van der Waals surface area contributed by atoms with Gasteiger partial charge in [0, 0.05) is 26.2 Å². The summed E-state index contributed by atoms with van der Waals surface area (Å²) in [6.07, 6.45) is 0.880. The van der Waals surface area contributed by atoms with Gasteiger partial charge in [-0.1, -0.05) is 0 Å². The van der Waals surface area contributed by atoms with Gasteiger partial charge >= 0.3 is 0 Å². The molecule has 4 nitrogen and oxygen atoms in total.